The predicted octanol–water partition coefficient (Wildman–Crippen LogP) is 2.81. The fourth-order valence-electron chi connectivity index (χ4n) is 2.00. The Morgan fingerprint density at radius 1 is 0.917 bits per heavy atom. The Labute approximate surface area is 140 Å². The van der Waals surface area contributed by atoms with Gasteiger partial charge in [0.15, 0.2) is 0 Å². The minimum absolute atomic E-state index is 0.160. The molecule has 0 aliphatic heterocycles. The molecule has 2 aromatic carbocycles. The number of anilines is 1. The highest BCUT2D eigenvalue weighted by atomic mass is 16.5. The summed E-state index contributed by atoms with van der Waals surface area (Å²) in [7, 11) is 1.60. The van der Waals surface area contributed by atoms with Crippen LogP contribution in [0.25, 0.3) is 0 Å². The highest BCUT2D eigenvalue weighted by molar-refractivity contribution is 6.01. The van der Waals surface area contributed by atoms with Crippen LogP contribution < -0.4 is 15.5 Å². The molecule has 0 fully saturated rings. The van der Waals surface area contributed by atoms with Crippen molar-refractivity contribution >= 4 is 23.2 Å². The summed E-state index contributed by atoms with van der Waals surface area (Å²) in [6.45, 7) is 3.24. The van der Waals surface area contributed by atoms with Gasteiger partial charge in [-0.25, -0.2) is 5.43 Å². The third-order valence-corrected chi connectivity index (χ3v) is 3.30. The van der Waals surface area contributed by atoms with Gasteiger partial charge in [-0.3, -0.25) is 9.59 Å². The molecule has 2 amide bonds. The molecule has 2 aromatic rings. The maximum absolute atomic E-state index is 12.1. The molecule has 2 N–H and O–H groups in total. The van der Waals surface area contributed by atoms with Gasteiger partial charge < -0.3 is 10.1 Å². The van der Waals surface area contributed by atoms with Crippen molar-refractivity contribution in [3.8, 4) is 5.75 Å². The molecule has 0 aromatic heterocycles. The van der Waals surface area contributed by atoms with Crippen LogP contribution in [0.15, 0.2) is 53.6 Å². The number of methoxy groups -OCH3 is 1. The first-order valence-corrected chi connectivity index (χ1v) is 7.36. The summed E-state index contributed by atoms with van der Waals surface area (Å²) in [5.41, 5.74) is 5.17. The average Bonchev–Trinajstić information content (AvgIpc) is 2.59. The average molecular weight is 325 g/mol. The Balaban J connectivity index is 2.01. The summed E-state index contributed by atoms with van der Waals surface area (Å²) in [5.74, 6) is 0.277. The zero-order valence-corrected chi connectivity index (χ0v) is 13.8. The molecule has 6 heteroatoms. The molecule has 0 aliphatic carbocycles. The second kappa shape index (κ2) is 7.92. The van der Waals surface area contributed by atoms with E-state index in [1.807, 2.05) is 31.2 Å². The van der Waals surface area contributed by atoms with Crippen LogP contribution in [-0.2, 0) is 4.79 Å². The zero-order chi connectivity index (χ0) is 17.5. The van der Waals surface area contributed by atoms with Crippen LogP contribution in [0.4, 0.5) is 5.69 Å². The molecule has 0 aliphatic rings. The van der Waals surface area contributed by atoms with E-state index in [4.69, 9.17) is 4.74 Å². The van der Waals surface area contributed by atoms with Crippen LogP contribution in [0.5, 0.6) is 5.75 Å². The Morgan fingerprint density at radius 3 is 2.04 bits per heavy atom. The van der Waals surface area contributed by atoms with Crippen LogP contribution >= 0.6 is 0 Å². The van der Waals surface area contributed by atoms with Gasteiger partial charge in [0.1, 0.15) is 5.75 Å². The van der Waals surface area contributed by atoms with Crippen molar-refractivity contribution in [1.82, 2.24) is 5.43 Å². The zero-order valence-electron chi connectivity index (χ0n) is 13.8. The highest BCUT2D eigenvalue weighted by Gasteiger charge is 2.05. The number of rotatable bonds is 5. The molecule has 2 rings (SSSR count). The Hall–Kier alpha value is -3.15. The molecular weight excluding hydrogens is 306 g/mol. The van der Waals surface area contributed by atoms with Gasteiger partial charge >= 0.3 is 0 Å². The molecule has 0 atom stereocenters. The van der Waals surface area contributed by atoms with Gasteiger partial charge in [0, 0.05) is 18.2 Å². The summed E-state index contributed by atoms with van der Waals surface area (Å²) in [6.07, 6.45) is 0. The van der Waals surface area contributed by atoms with E-state index in [1.165, 1.54) is 6.92 Å². The fourth-order valence-corrected chi connectivity index (χ4v) is 2.00. The van der Waals surface area contributed by atoms with Crippen molar-refractivity contribution in [3.63, 3.8) is 0 Å². The summed E-state index contributed by atoms with van der Waals surface area (Å²) in [6, 6.07) is 14.0. The number of carbonyl (C=O) groups excluding carboxylic acids is 2. The third kappa shape index (κ3) is 4.67. The van der Waals surface area contributed by atoms with E-state index in [-0.39, 0.29) is 11.8 Å². The van der Waals surface area contributed by atoms with E-state index < -0.39 is 0 Å². The molecule has 6 nitrogen and oxygen atoms in total. The number of carbonyl (C=O) groups is 2. The minimum Gasteiger partial charge on any atom is -0.497 e. The molecule has 24 heavy (non-hydrogen) atoms. The van der Waals surface area contributed by atoms with E-state index >= 15 is 0 Å². The van der Waals surface area contributed by atoms with Gasteiger partial charge in [-0.1, -0.05) is 0 Å². The van der Waals surface area contributed by atoms with Gasteiger partial charge in [0.2, 0.25) is 5.91 Å². The number of hydrogen-bond acceptors (Lipinski definition) is 4. The number of hydrogen-bond donors (Lipinski definition) is 2. The van der Waals surface area contributed by atoms with Gasteiger partial charge in [0.25, 0.3) is 5.91 Å². The topological polar surface area (TPSA) is 79.8 Å². The number of benzene rings is 2. The molecular formula is C18H19N3O3. The van der Waals surface area contributed by atoms with Gasteiger partial charge in [-0.2, -0.15) is 5.10 Å². The minimum atomic E-state index is -0.322. The lowest BCUT2D eigenvalue weighted by molar-refractivity contribution is -0.114. The van der Waals surface area contributed by atoms with Crippen molar-refractivity contribution in [1.29, 1.82) is 0 Å². The van der Waals surface area contributed by atoms with Crippen molar-refractivity contribution in [2.45, 2.75) is 13.8 Å². The normalized spacial score (nSPS) is 10.9. The Bertz CT molecular complexity index is 750. The monoisotopic (exact) mass is 325 g/mol. The lowest BCUT2D eigenvalue weighted by Gasteiger charge is -2.05. The van der Waals surface area contributed by atoms with Crippen molar-refractivity contribution in [2.24, 2.45) is 5.10 Å². The van der Waals surface area contributed by atoms with Crippen LogP contribution in [0.2, 0.25) is 0 Å². The molecule has 0 bridgehead atoms. The molecule has 0 saturated heterocycles. The van der Waals surface area contributed by atoms with Crippen LogP contribution in [0.1, 0.15) is 29.8 Å². The van der Waals surface area contributed by atoms with Crippen molar-refractivity contribution < 1.29 is 14.3 Å². The molecule has 0 radical (unpaired) electrons. The van der Waals surface area contributed by atoms with Crippen LogP contribution in [-0.4, -0.2) is 24.6 Å². The summed E-state index contributed by atoms with van der Waals surface area (Å²) in [5, 5.41) is 6.75. The van der Waals surface area contributed by atoms with Crippen LogP contribution in [0.3, 0.4) is 0 Å². The fraction of sp³-hybridized carbons (Fsp3) is 0.167. The molecule has 124 valence electrons. The lowest BCUT2D eigenvalue weighted by atomic mass is 10.1. The maximum Gasteiger partial charge on any atom is 0.271 e. The first kappa shape index (κ1) is 17.2. The second-order valence-corrected chi connectivity index (χ2v) is 5.13. The van der Waals surface area contributed by atoms with E-state index in [2.05, 4.69) is 15.8 Å². The van der Waals surface area contributed by atoms with E-state index in [9.17, 15) is 9.59 Å². The number of nitrogens with zero attached hydrogens (tertiary/aromatic N) is 1. The molecule has 0 saturated carbocycles. The maximum atomic E-state index is 12.1. The molecule has 0 unspecified atom stereocenters. The lowest BCUT2D eigenvalue weighted by Crippen LogP contribution is -2.19. The standard InChI is InChI=1S/C18H19N3O3/c1-12(14-6-10-17(24-3)11-7-14)20-21-18(23)15-4-8-16(9-5-15)19-13(2)22/h4-11H,1-3H3,(H,19,22)(H,21,23)/b20-12+. The first-order valence-electron chi connectivity index (χ1n) is 7.36. The first-order chi connectivity index (χ1) is 11.5. The van der Waals surface area contributed by atoms with Crippen molar-refractivity contribution in [3.05, 3.63) is 59.7 Å². The number of nitrogens with one attached hydrogen (secondary N) is 2. The number of hydrazone groups is 1. The molecule has 0 spiro atoms. The van der Waals surface area contributed by atoms with E-state index in [1.54, 1.807) is 31.4 Å². The summed E-state index contributed by atoms with van der Waals surface area (Å²) >= 11 is 0. The summed E-state index contributed by atoms with van der Waals surface area (Å²) in [4.78, 5) is 23.1. The second-order valence-electron chi connectivity index (χ2n) is 5.13. The van der Waals surface area contributed by atoms with E-state index in [0.717, 1.165) is 11.3 Å². The van der Waals surface area contributed by atoms with Gasteiger partial charge in [-0.15, -0.1) is 0 Å². The van der Waals surface area contributed by atoms with Gasteiger partial charge in [-0.05, 0) is 61.0 Å². The third-order valence-electron chi connectivity index (χ3n) is 3.30. The Morgan fingerprint density at radius 2 is 1.50 bits per heavy atom. The SMILES string of the molecule is COc1ccc(/C(C)=N/NC(=O)c2ccc(NC(C)=O)cc2)cc1. The van der Waals surface area contributed by atoms with Gasteiger partial charge in [0.05, 0.1) is 12.8 Å². The largest absolute Gasteiger partial charge is 0.497 e. The number of ether oxygens (including phenoxy) is 1. The van der Waals surface area contributed by atoms with Crippen molar-refractivity contribution in [2.75, 3.05) is 12.4 Å². The van der Waals surface area contributed by atoms with Crippen LogP contribution in [0, 0.1) is 0 Å². The Kier molecular flexibility index (Phi) is 5.68. The quantitative estimate of drug-likeness (QED) is 0.655. The predicted molar refractivity (Wildman–Crippen MR) is 93.4 cm³/mol. The molecule has 0 heterocycles. The highest BCUT2D eigenvalue weighted by Crippen LogP contribution is 2.12. The summed E-state index contributed by atoms with van der Waals surface area (Å²) < 4.78 is 5.10. The smallest absolute Gasteiger partial charge is 0.271 e. The number of amides is 2. The van der Waals surface area contributed by atoms with E-state index in [0.29, 0.717) is 17.0 Å².